The van der Waals surface area contributed by atoms with Gasteiger partial charge in [-0.2, -0.15) is 12.6 Å². The molecule has 45 heavy (non-hydrogen) atoms. The molecule has 0 bridgehead atoms. The van der Waals surface area contributed by atoms with Crippen LogP contribution in [0.4, 0.5) is 0 Å². The first-order valence-electron chi connectivity index (χ1n) is 13.8. The maximum atomic E-state index is 11.8. The largest absolute Gasteiger partial charge is 0.400 e. The van der Waals surface area contributed by atoms with Crippen LogP contribution in [0.3, 0.4) is 0 Å². The van der Waals surface area contributed by atoms with E-state index in [9.17, 15) is 53.5 Å². The number of rotatable bonds is 18. The van der Waals surface area contributed by atoms with Crippen molar-refractivity contribution < 1.29 is 89.2 Å². The van der Waals surface area contributed by atoms with Crippen LogP contribution < -0.4 is 0 Å². The molecule has 2 aliphatic rings. The summed E-state index contributed by atoms with van der Waals surface area (Å²) in [5.41, 5.74) is 0. The van der Waals surface area contributed by atoms with Crippen LogP contribution in [0, 0.1) is 11.8 Å². The zero-order chi connectivity index (χ0) is 34.3. The molecule has 0 aliphatic heterocycles. The zero-order valence-corrected chi connectivity index (χ0v) is 27.1. The Morgan fingerprint density at radius 2 is 1.13 bits per heavy atom. The van der Waals surface area contributed by atoms with E-state index < -0.39 is 108 Å². The quantitative estimate of drug-likeness (QED) is 0.0663. The second-order valence-electron chi connectivity index (χ2n) is 10.3. The van der Waals surface area contributed by atoms with Crippen LogP contribution in [0.15, 0.2) is 0 Å². The zero-order valence-electron chi connectivity index (χ0n) is 25.5. The Labute approximate surface area is 264 Å². The van der Waals surface area contributed by atoms with E-state index in [0.717, 1.165) is 0 Å². The summed E-state index contributed by atoms with van der Waals surface area (Å²) in [6.07, 6.45) is -12.0. The lowest BCUT2D eigenvalue weighted by molar-refractivity contribution is -0.153. The van der Waals surface area contributed by atoms with Crippen molar-refractivity contribution >= 4 is 21.8 Å². The molecule has 270 valence electrons. The van der Waals surface area contributed by atoms with Crippen LogP contribution in [0.25, 0.3) is 0 Å². The lowest BCUT2D eigenvalue weighted by Crippen LogP contribution is -2.55. The van der Waals surface area contributed by atoms with Gasteiger partial charge in [-0.15, -0.1) is 0 Å². The maximum Gasteiger partial charge on any atom is 0.400 e. The molecule has 8 N–H and O–H groups in total. The Morgan fingerprint density at radius 1 is 0.689 bits per heavy atom. The van der Waals surface area contributed by atoms with Gasteiger partial charge in [0.25, 0.3) is 0 Å². The van der Waals surface area contributed by atoms with E-state index in [1.54, 1.807) is 0 Å². The fourth-order valence-electron chi connectivity index (χ4n) is 4.52. The molecule has 0 aromatic heterocycles. The molecule has 13 atom stereocenters. The first kappa shape index (κ1) is 42.5. The highest BCUT2D eigenvalue weighted by Crippen LogP contribution is 2.30. The second kappa shape index (κ2) is 21.4. The summed E-state index contributed by atoms with van der Waals surface area (Å²) in [5, 5.41) is 76.4. The smallest absolute Gasteiger partial charge is 0.396 e. The van der Waals surface area contributed by atoms with Crippen molar-refractivity contribution in [1.82, 2.24) is 0 Å². The third-order valence-corrected chi connectivity index (χ3v) is 8.89. The van der Waals surface area contributed by atoms with Crippen LogP contribution in [0.1, 0.15) is 12.8 Å². The highest BCUT2D eigenvalue weighted by atomic mass is 32.3. The van der Waals surface area contributed by atoms with Gasteiger partial charge in [0.1, 0.15) is 24.4 Å². The molecule has 21 heteroatoms. The van der Waals surface area contributed by atoms with E-state index in [2.05, 4.69) is 4.18 Å². The van der Waals surface area contributed by atoms with Gasteiger partial charge in [-0.3, -0.25) is 8.37 Å². The predicted octanol–water partition coefficient (Wildman–Crippen LogP) is -4.89. The molecule has 2 aliphatic carbocycles. The van der Waals surface area contributed by atoms with E-state index in [1.165, 1.54) is 28.4 Å². The molecule has 0 aromatic rings. The first-order chi connectivity index (χ1) is 21.2. The van der Waals surface area contributed by atoms with Crippen molar-refractivity contribution in [3.05, 3.63) is 0 Å². The summed E-state index contributed by atoms with van der Waals surface area (Å²) in [5.74, 6) is -1.95. The van der Waals surface area contributed by atoms with E-state index in [-0.39, 0.29) is 39.3 Å². The Kier molecular flexibility index (Phi) is 20.2. The molecule has 0 heterocycles. The molecular weight excluding hydrogens is 656 g/mol. The van der Waals surface area contributed by atoms with Gasteiger partial charge in [0, 0.05) is 53.1 Å². The van der Waals surface area contributed by atoms with Crippen molar-refractivity contribution in [2.45, 2.75) is 73.9 Å². The SMILES string of the molecule is COCC(COS(=O)(=O)OC1CC(O)C(O)C(O)C1CO)OC.COCC(COS(=O)OC1CC(O)C(O)C(O)C1CO)OC. The number of hydrogen-bond acceptors (Lipinski definition) is 19. The molecule has 0 spiro atoms. The van der Waals surface area contributed by atoms with Crippen LogP contribution >= 0.6 is 0 Å². The number of aliphatic hydroxyl groups is 8. The molecule has 2 saturated carbocycles. The molecule has 19 nitrogen and oxygen atoms in total. The van der Waals surface area contributed by atoms with Crippen LogP contribution in [-0.2, 0) is 57.4 Å². The summed E-state index contributed by atoms with van der Waals surface area (Å²) >= 11 is -2.16. The van der Waals surface area contributed by atoms with E-state index in [4.69, 9.17) is 31.5 Å². The summed E-state index contributed by atoms with van der Waals surface area (Å²) in [6, 6.07) is 0. The Hall–Kier alpha value is -0.540. The van der Waals surface area contributed by atoms with Crippen molar-refractivity contribution in [2.75, 3.05) is 68.1 Å². The number of aliphatic hydroxyl groups excluding tert-OH is 8. The van der Waals surface area contributed by atoms with Crippen LogP contribution in [-0.4, -0.2) is 183 Å². The van der Waals surface area contributed by atoms with Gasteiger partial charge in [-0.1, -0.05) is 0 Å². The van der Waals surface area contributed by atoms with Gasteiger partial charge in [0.05, 0.1) is 76.3 Å². The van der Waals surface area contributed by atoms with Gasteiger partial charge >= 0.3 is 21.8 Å². The van der Waals surface area contributed by atoms with E-state index in [1.807, 2.05) is 0 Å². The van der Waals surface area contributed by atoms with Crippen molar-refractivity contribution in [1.29, 1.82) is 0 Å². The summed E-state index contributed by atoms with van der Waals surface area (Å²) in [4.78, 5) is 0. The standard InChI is InChI=1S/C12H24O10S.C12H24O9S/c1-19-5-7(20-2)6-21-23(17,18)22-10-3-9(14)12(16)11(15)8(10)4-13;1-18-5-7(19-2)6-20-22(17)21-10-3-9(14)12(16)11(15)8(10)4-13/h7-16H,3-6H2,1-2H3;7-16H,3-6H2,1-2H3. The monoisotopic (exact) mass is 704 g/mol. The lowest BCUT2D eigenvalue weighted by Gasteiger charge is -2.39. The van der Waals surface area contributed by atoms with Crippen molar-refractivity contribution in [3.63, 3.8) is 0 Å². The fraction of sp³-hybridized carbons (Fsp3) is 1.00. The second-order valence-corrected chi connectivity index (χ2v) is 12.4. The molecule has 13 unspecified atom stereocenters. The minimum atomic E-state index is -4.46. The van der Waals surface area contributed by atoms with Gasteiger partial charge in [0.2, 0.25) is 0 Å². The minimum Gasteiger partial charge on any atom is -0.396 e. The van der Waals surface area contributed by atoms with Gasteiger partial charge in [-0.05, 0) is 0 Å². The Balaban J connectivity index is 0.000000450. The third kappa shape index (κ3) is 13.8. The molecule has 2 fully saturated rings. The molecular formula is C24H48O19S2. The minimum absolute atomic E-state index is 0.0405. The van der Waals surface area contributed by atoms with Crippen LogP contribution in [0.2, 0.25) is 0 Å². The Bertz CT molecular complexity index is 928. The third-order valence-electron chi connectivity index (χ3n) is 7.25. The molecule has 0 aromatic carbocycles. The van der Waals surface area contributed by atoms with E-state index >= 15 is 0 Å². The normalized spacial score (nSPS) is 34.4. The van der Waals surface area contributed by atoms with Gasteiger partial charge in [-0.25, -0.2) is 8.37 Å². The van der Waals surface area contributed by atoms with E-state index in [0.29, 0.717) is 0 Å². The Morgan fingerprint density at radius 3 is 1.58 bits per heavy atom. The number of methoxy groups -OCH3 is 4. The summed E-state index contributed by atoms with van der Waals surface area (Å²) < 4.78 is 74.7. The van der Waals surface area contributed by atoms with Crippen molar-refractivity contribution in [2.24, 2.45) is 11.8 Å². The average Bonchev–Trinajstić information content (AvgIpc) is 2.99. The lowest BCUT2D eigenvalue weighted by atomic mass is 9.81. The highest BCUT2D eigenvalue weighted by molar-refractivity contribution is 7.81. The molecule has 0 amide bonds. The first-order valence-corrected chi connectivity index (χ1v) is 16.2. The summed E-state index contributed by atoms with van der Waals surface area (Å²) in [7, 11) is 1.25. The van der Waals surface area contributed by atoms with Crippen LogP contribution in [0.5, 0.6) is 0 Å². The maximum absolute atomic E-state index is 11.8. The molecule has 0 saturated heterocycles. The number of ether oxygens (including phenoxy) is 4. The molecule has 0 radical (unpaired) electrons. The number of hydrogen-bond donors (Lipinski definition) is 8. The summed E-state index contributed by atoms with van der Waals surface area (Å²) in [6.45, 7) is -1.15. The highest BCUT2D eigenvalue weighted by Gasteiger charge is 2.46. The fourth-order valence-corrected chi connectivity index (χ4v) is 6.16. The van der Waals surface area contributed by atoms with Crippen molar-refractivity contribution in [3.8, 4) is 0 Å². The molecule has 2 rings (SSSR count). The average molecular weight is 705 g/mol. The van der Waals surface area contributed by atoms with Gasteiger partial charge < -0.3 is 59.8 Å². The predicted molar refractivity (Wildman–Crippen MR) is 150 cm³/mol. The van der Waals surface area contributed by atoms with Gasteiger partial charge in [0.15, 0.2) is 0 Å². The topological polar surface area (TPSA) is 287 Å².